The molecule has 18 heteroatoms. The molecule has 0 aliphatic heterocycles. The number of hydrogen-bond donors (Lipinski definition) is 6. The summed E-state index contributed by atoms with van der Waals surface area (Å²) < 4.78 is 5.98. The van der Waals surface area contributed by atoms with Gasteiger partial charge < -0.3 is 55.4 Å². The van der Waals surface area contributed by atoms with E-state index in [0.717, 1.165) is 0 Å². The molecule has 0 saturated heterocycles. The lowest BCUT2D eigenvalue weighted by Crippen LogP contribution is -2.26. The van der Waals surface area contributed by atoms with Crippen LogP contribution in [0.3, 0.4) is 0 Å². The number of Topliss-reactive ketones (excluding diaryl/α,β-unsaturated/α-hetero) is 1. The number of nitrogens with one attached hydrogen (secondary N) is 5. The molecule has 260 valence electrons. The van der Waals surface area contributed by atoms with E-state index in [9.17, 15) is 28.8 Å². The molecule has 4 rings (SSSR count). The van der Waals surface area contributed by atoms with Crippen molar-refractivity contribution in [3.63, 3.8) is 0 Å². The van der Waals surface area contributed by atoms with Crippen LogP contribution in [0.5, 0.6) is 0 Å². The number of carbonyl (C=O) groups is 6. The van der Waals surface area contributed by atoms with Gasteiger partial charge in [-0.15, -0.1) is 0 Å². The lowest BCUT2D eigenvalue weighted by Gasteiger charge is -2.04. The second-order valence-corrected chi connectivity index (χ2v) is 11.4. The van der Waals surface area contributed by atoms with Crippen LogP contribution in [-0.2, 0) is 37.8 Å². The van der Waals surface area contributed by atoms with Gasteiger partial charge in [0.2, 0.25) is 17.6 Å². The predicted octanol–water partition coefficient (Wildman–Crippen LogP) is 1.36. The molecule has 0 aromatic carbocycles. The highest BCUT2D eigenvalue weighted by Gasteiger charge is 2.21. The van der Waals surface area contributed by atoms with E-state index < -0.39 is 17.7 Å². The SMILES string of the molecule is CC(=O)CCCNC(=O)c1cc(NC(=O)c2nc(NC(=O)c3cc(NC(=O)c4nc(NC(=O)CCCN)cn4C)cn3C)cn2C)cn1C. The van der Waals surface area contributed by atoms with Gasteiger partial charge in [-0.3, -0.25) is 24.0 Å². The maximum atomic E-state index is 13.1. The topological polar surface area (TPSA) is 234 Å². The van der Waals surface area contributed by atoms with E-state index in [-0.39, 0.29) is 53.0 Å². The number of anilines is 4. The zero-order valence-corrected chi connectivity index (χ0v) is 27.9. The quantitative estimate of drug-likeness (QED) is 0.0996. The van der Waals surface area contributed by atoms with Crippen molar-refractivity contribution >= 4 is 58.3 Å². The summed E-state index contributed by atoms with van der Waals surface area (Å²) in [5.41, 5.74) is 6.63. The van der Waals surface area contributed by atoms with Gasteiger partial charge in [0.1, 0.15) is 17.2 Å². The predicted molar refractivity (Wildman–Crippen MR) is 180 cm³/mol. The van der Waals surface area contributed by atoms with Crippen molar-refractivity contribution in [1.82, 2.24) is 33.6 Å². The Hall–Kier alpha value is -6.04. The molecule has 0 atom stereocenters. The van der Waals surface area contributed by atoms with Crippen molar-refractivity contribution in [2.45, 2.75) is 32.6 Å². The Morgan fingerprint density at radius 1 is 0.633 bits per heavy atom. The smallest absolute Gasteiger partial charge is 0.291 e. The van der Waals surface area contributed by atoms with Gasteiger partial charge in [0.15, 0.2) is 11.6 Å². The third kappa shape index (κ3) is 9.28. The summed E-state index contributed by atoms with van der Waals surface area (Å²) in [5.74, 6) is -1.86. The molecule has 0 radical (unpaired) electrons. The van der Waals surface area contributed by atoms with Crippen molar-refractivity contribution < 1.29 is 28.8 Å². The summed E-state index contributed by atoms with van der Waals surface area (Å²) in [4.78, 5) is 83.2. The molecule has 0 saturated carbocycles. The molecule has 4 heterocycles. The highest BCUT2D eigenvalue weighted by atomic mass is 16.2. The Morgan fingerprint density at radius 2 is 1.14 bits per heavy atom. The van der Waals surface area contributed by atoms with Crippen LogP contribution >= 0.6 is 0 Å². The Kier molecular flexibility index (Phi) is 11.5. The molecule has 5 amide bonds. The zero-order chi connectivity index (χ0) is 35.8. The molecule has 0 aliphatic rings. The molecule has 18 nitrogen and oxygen atoms in total. The molecule has 4 aromatic heterocycles. The van der Waals surface area contributed by atoms with Gasteiger partial charge in [0.25, 0.3) is 23.6 Å². The van der Waals surface area contributed by atoms with Gasteiger partial charge in [-0.25, -0.2) is 9.97 Å². The van der Waals surface area contributed by atoms with Crippen LogP contribution < -0.4 is 32.3 Å². The Labute approximate surface area is 281 Å². The number of amides is 5. The van der Waals surface area contributed by atoms with Crippen LogP contribution in [0, 0.1) is 0 Å². The van der Waals surface area contributed by atoms with Gasteiger partial charge in [0, 0.05) is 72.4 Å². The van der Waals surface area contributed by atoms with E-state index in [1.807, 2.05) is 0 Å². The highest BCUT2D eigenvalue weighted by Crippen LogP contribution is 2.19. The first-order chi connectivity index (χ1) is 23.2. The summed E-state index contributed by atoms with van der Waals surface area (Å²) >= 11 is 0. The molecule has 0 spiro atoms. The standard InChI is InChI=1S/C31H40N12O6/c1-18(44)8-7-11-33-28(46)21-12-19(14-40(21)2)34-31(49)27-38-24(17-43(27)5)39-29(47)22-13-20(15-41(22)3)35-30(48)26-37-23(16-42(26)4)36-25(45)9-6-10-32/h12-17H,6-11,32H2,1-5H3,(H,33,46)(H,34,49)(H,35,48)(H,36,45)(H,39,47). The van der Waals surface area contributed by atoms with Crippen molar-refractivity contribution in [1.29, 1.82) is 0 Å². The van der Waals surface area contributed by atoms with Crippen molar-refractivity contribution in [2.75, 3.05) is 34.4 Å². The van der Waals surface area contributed by atoms with Gasteiger partial charge in [0.05, 0.1) is 11.4 Å². The fourth-order valence-electron chi connectivity index (χ4n) is 4.84. The third-order valence-corrected chi connectivity index (χ3v) is 7.26. The van der Waals surface area contributed by atoms with Crippen molar-refractivity contribution in [2.24, 2.45) is 33.9 Å². The number of aromatic nitrogens is 6. The maximum Gasteiger partial charge on any atom is 0.291 e. The number of ketones is 1. The highest BCUT2D eigenvalue weighted by molar-refractivity contribution is 6.07. The Balaban J connectivity index is 1.35. The minimum absolute atomic E-state index is 0.000715. The van der Waals surface area contributed by atoms with Crippen LogP contribution in [0.1, 0.15) is 74.8 Å². The lowest BCUT2D eigenvalue weighted by atomic mass is 10.2. The minimum Gasteiger partial charge on any atom is -0.351 e. The number of aryl methyl sites for hydroxylation is 4. The zero-order valence-electron chi connectivity index (χ0n) is 27.9. The molecule has 4 aromatic rings. The fraction of sp³-hybridized carbons (Fsp3) is 0.355. The molecule has 7 N–H and O–H groups in total. The summed E-state index contributed by atoms with van der Waals surface area (Å²) in [6, 6.07) is 2.99. The molecular weight excluding hydrogens is 636 g/mol. The number of rotatable bonds is 15. The molecule has 49 heavy (non-hydrogen) atoms. The van der Waals surface area contributed by atoms with Crippen molar-refractivity contribution in [3.05, 3.63) is 60.0 Å². The third-order valence-electron chi connectivity index (χ3n) is 7.26. The maximum absolute atomic E-state index is 13.1. The summed E-state index contributed by atoms with van der Waals surface area (Å²) in [6.07, 6.45) is 7.77. The first kappa shape index (κ1) is 35.8. The van der Waals surface area contributed by atoms with Crippen LogP contribution in [0.15, 0.2) is 36.9 Å². The van der Waals surface area contributed by atoms with E-state index in [4.69, 9.17) is 5.73 Å². The molecule has 0 aliphatic carbocycles. The van der Waals surface area contributed by atoms with Gasteiger partial charge in [-0.05, 0) is 38.4 Å². The first-order valence-electron chi connectivity index (χ1n) is 15.4. The summed E-state index contributed by atoms with van der Waals surface area (Å²) in [7, 11) is 6.49. The van der Waals surface area contributed by atoms with Crippen LogP contribution in [0.25, 0.3) is 0 Å². The number of carbonyl (C=O) groups excluding carboxylic acids is 6. The van der Waals surface area contributed by atoms with E-state index in [1.54, 1.807) is 45.2 Å². The second kappa shape index (κ2) is 15.7. The van der Waals surface area contributed by atoms with E-state index in [1.165, 1.54) is 45.2 Å². The van der Waals surface area contributed by atoms with Gasteiger partial charge in [-0.2, -0.15) is 0 Å². The first-order valence-corrected chi connectivity index (χ1v) is 15.4. The number of nitrogens with two attached hydrogens (primary N) is 1. The van der Waals surface area contributed by atoms with E-state index in [2.05, 4.69) is 36.6 Å². The van der Waals surface area contributed by atoms with Crippen LogP contribution in [0.2, 0.25) is 0 Å². The van der Waals surface area contributed by atoms with Gasteiger partial charge in [-0.1, -0.05) is 0 Å². The number of hydrogen-bond acceptors (Lipinski definition) is 9. The summed E-state index contributed by atoms with van der Waals surface area (Å²) in [5, 5.41) is 13.4. The average Bonchev–Trinajstić information content (AvgIpc) is 3.79. The van der Waals surface area contributed by atoms with Gasteiger partial charge >= 0.3 is 0 Å². The van der Waals surface area contributed by atoms with Crippen LogP contribution in [-0.4, -0.2) is 76.6 Å². The Bertz CT molecular complexity index is 1900. The van der Waals surface area contributed by atoms with Crippen LogP contribution in [0.4, 0.5) is 23.0 Å². The molecule has 0 unspecified atom stereocenters. The van der Waals surface area contributed by atoms with Crippen molar-refractivity contribution in [3.8, 4) is 0 Å². The fourth-order valence-corrected chi connectivity index (χ4v) is 4.84. The second-order valence-electron chi connectivity index (χ2n) is 11.4. The largest absolute Gasteiger partial charge is 0.351 e. The van der Waals surface area contributed by atoms with E-state index >= 15 is 0 Å². The molecular formula is C31H40N12O6. The number of imidazole rings is 2. The average molecular weight is 677 g/mol. The summed E-state index contributed by atoms with van der Waals surface area (Å²) in [6.45, 7) is 2.22. The minimum atomic E-state index is -0.571. The normalized spacial score (nSPS) is 10.8. The molecule has 0 bridgehead atoms. The number of nitrogens with zero attached hydrogens (tertiary/aromatic N) is 6. The lowest BCUT2D eigenvalue weighted by molar-refractivity contribution is -0.117. The Morgan fingerprint density at radius 3 is 1.65 bits per heavy atom. The van der Waals surface area contributed by atoms with E-state index in [0.29, 0.717) is 49.4 Å². The molecule has 0 fully saturated rings. The monoisotopic (exact) mass is 676 g/mol.